The maximum atomic E-state index is 6.41. The first-order valence-corrected chi connectivity index (χ1v) is 6.09. The van der Waals surface area contributed by atoms with Gasteiger partial charge in [-0.05, 0) is 38.5 Å². The fourth-order valence-corrected chi connectivity index (χ4v) is 3.12. The van der Waals surface area contributed by atoms with E-state index in [1.165, 1.54) is 15.3 Å². The highest BCUT2D eigenvalue weighted by atomic mass is 35.5. The van der Waals surface area contributed by atoms with E-state index >= 15 is 0 Å². The van der Waals surface area contributed by atoms with Gasteiger partial charge in [0, 0.05) is 15.3 Å². The molecule has 0 saturated carbocycles. The predicted octanol–water partition coefficient (Wildman–Crippen LogP) is 4.59. The Balaban J connectivity index is 2.35. The zero-order valence-electron chi connectivity index (χ0n) is 9.00. The zero-order chi connectivity index (χ0) is 11.0. The average Bonchev–Trinajstić information content (AvgIpc) is 2.71. The molecule has 0 aliphatic heterocycles. The van der Waals surface area contributed by atoms with Crippen molar-refractivity contribution in [3.05, 3.63) is 45.0 Å². The van der Waals surface area contributed by atoms with E-state index in [0.29, 0.717) is 0 Å². The Hall–Kier alpha value is -0.730. The molecule has 0 radical (unpaired) electrons. The third-order valence-electron chi connectivity index (χ3n) is 2.35. The minimum absolute atomic E-state index is 0.0823. The molecule has 80 valence electrons. The topological polar surface area (TPSA) is 13.1 Å². The molecule has 0 fully saturated rings. The maximum absolute atomic E-state index is 6.41. The van der Waals surface area contributed by atoms with Gasteiger partial charge in [-0.3, -0.25) is 0 Å². The summed E-state index contributed by atoms with van der Waals surface area (Å²) in [6.07, 6.45) is 1.74. The first-order chi connectivity index (χ1) is 7.08. The third kappa shape index (κ3) is 2.11. The van der Waals surface area contributed by atoms with E-state index < -0.39 is 0 Å². The first-order valence-electron chi connectivity index (χ1n) is 4.84. The Morgan fingerprint density at radius 1 is 1.27 bits per heavy atom. The Bertz CT molecular complexity index is 470. The van der Waals surface area contributed by atoms with Gasteiger partial charge in [0.05, 0.1) is 11.6 Å². The first kappa shape index (κ1) is 10.8. The number of rotatable bonds is 2. The van der Waals surface area contributed by atoms with Crippen LogP contribution in [-0.4, -0.2) is 0 Å². The van der Waals surface area contributed by atoms with Gasteiger partial charge in [-0.2, -0.15) is 0 Å². The third-order valence-corrected chi connectivity index (χ3v) is 4.17. The fraction of sp³-hybridized carbons (Fsp3) is 0.333. The number of furan rings is 1. The number of halogens is 1. The summed E-state index contributed by atoms with van der Waals surface area (Å²) in [6, 6.07) is 4.16. The molecule has 0 N–H and O–H groups in total. The molecule has 1 nitrogen and oxygen atoms in total. The van der Waals surface area contributed by atoms with E-state index in [-0.39, 0.29) is 5.38 Å². The molecule has 2 aromatic rings. The number of hydrogen-bond donors (Lipinski definition) is 0. The molecule has 0 bridgehead atoms. The Morgan fingerprint density at radius 2 is 2.00 bits per heavy atom. The summed E-state index contributed by atoms with van der Waals surface area (Å²) in [5.74, 6) is 0.904. The van der Waals surface area contributed by atoms with Gasteiger partial charge in [0.1, 0.15) is 5.76 Å². The number of aryl methyl sites for hydroxylation is 3. The van der Waals surface area contributed by atoms with Crippen LogP contribution in [0.4, 0.5) is 0 Å². The van der Waals surface area contributed by atoms with Crippen LogP contribution in [0.3, 0.4) is 0 Å². The van der Waals surface area contributed by atoms with Gasteiger partial charge in [0.2, 0.25) is 0 Å². The Kier molecular flexibility index (Phi) is 2.89. The normalized spacial score (nSPS) is 13.1. The lowest BCUT2D eigenvalue weighted by atomic mass is 10.1. The van der Waals surface area contributed by atoms with E-state index in [1.54, 1.807) is 17.6 Å². The molecule has 2 aromatic heterocycles. The van der Waals surface area contributed by atoms with Crippen LogP contribution in [0.5, 0.6) is 0 Å². The highest BCUT2D eigenvalue weighted by Gasteiger charge is 2.17. The minimum Gasteiger partial charge on any atom is -0.469 e. The number of hydrogen-bond acceptors (Lipinski definition) is 2. The second-order valence-electron chi connectivity index (χ2n) is 3.76. The molecule has 0 aliphatic carbocycles. The van der Waals surface area contributed by atoms with E-state index in [2.05, 4.69) is 19.9 Å². The average molecular weight is 241 g/mol. The SMILES string of the molecule is Cc1cc(C(Cl)c2sc(C)cc2C)co1. The molecular formula is C12H13ClOS. The van der Waals surface area contributed by atoms with E-state index in [1.807, 2.05) is 13.0 Å². The number of thiophene rings is 1. The largest absolute Gasteiger partial charge is 0.469 e. The van der Waals surface area contributed by atoms with E-state index in [9.17, 15) is 0 Å². The monoisotopic (exact) mass is 240 g/mol. The van der Waals surface area contributed by atoms with E-state index in [0.717, 1.165) is 11.3 Å². The molecule has 3 heteroatoms. The number of alkyl halides is 1. The lowest BCUT2D eigenvalue weighted by Crippen LogP contribution is -1.89. The van der Waals surface area contributed by atoms with Crippen LogP contribution in [0.2, 0.25) is 0 Å². The van der Waals surface area contributed by atoms with Crippen LogP contribution < -0.4 is 0 Å². The molecule has 1 atom stereocenters. The van der Waals surface area contributed by atoms with Crippen molar-refractivity contribution in [1.29, 1.82) is 0 Å². The summed E-state index contributed by atoms with van der Waals surface area (Å²) in [5.41, 5.74) is 2.30. The minimum atomic E-state index is -0.0823. The van der Waals surface area contributed by atoms with Crippen molar-refractivity contribution in [3.8, 4) is 0 Å². The summed E-state index contributed by atoms with van der Waals surface area (Å²) in [4.78, 5) is 2.52. The fourth-order valence-electron chi connectivity index (χ4n) is 1.66. The van der Waals surface area contributed by atoms with Gasteiger partial charge in [0.25, 0.3) is 0 Å². The second-order valence-corrected chi connectivity index (χ2v) is 5.48. The summed E-state index contributed by atoms with van der Waals surface area (Å²) >= 11 is 8.17. The Morgan fingerprint density at radius 3 is 2.47 bits per heavy atom. The van der Waals surface area contributed by atoms with Crippen LogP contribution >= 0.6 is 22.9 Å². The molecule has 0 amide bonds. The molecule has 0 saturated heterocycles. The van der Waals surface area contributed by atoms with Crippen molar-refractivity contribution in [2.75, 3.05) is 0 Å². The van der Waals surface area contributed by atoms with Crippen LogP contribution in [-0.2, 0) is 0 Å². The molecular weight excluding hydrogens is 228 g/mol. The van der Waals surface area contributed by atoms with Crippen molar-refractivity contribution >= 4 is 22.9 Å². The van der Waals surface area contributed by atoms with Gasteiger partial charge in [0.15, 0.2) is 0 Å². The van der Waals surface area contributed by atoms with Gasteiger partial charge >= 0.3 is 0 Å². The lowest BCUT2D eigenvalue weighted by molar-refractivity contribution is 0.532. The smallest absolute Gasteiger partial charge is 0.101 e. The summed E-state index contributed by atoms with van der Waals surface area (Å²) in [7, 11) is 0. The van der Waals surface area contributed by atoms with Crippen LogP contribution in [0.1, 0.15) is 32.0 Å². The molecule has 2 rings (SSSR count). The van der Waals surface area contributed by atoms with Gasteiger partial charge in [-0.15, -0.1) is 22.9 Å². The standard InChI is InChI=1S/C12H13ClOS/c1-7-4-9(3)15-12(7)11(13)10-5-8(2)14-6-10/h4-6,11H,1-3H3. The van der Waals surface area contributed by atoms with Crippen molar-refractivity contribution in [3.63, 3.8) is 0 Å². The van der Waals surface area contributed by atoms with Gasteiger partial charge < -0.3 is 4.42 Å². The summed E-state index contributed by atoms with van der Waals surface area (Å²) in [5, 5.41) is -0.0823. The summed E-state index contributed by atoms with van der Waals surface area (Å²) in [6.45, 7) is 6.13. The molecule has 0 aromatic carbocycles. The van der Waals surface area contributed by atoms with Crippen molar-refractivity contribution < 1.29 is 4.42 Å². The van der Waals surface area contributed by atoms with Crippen LogP contribution in [0, 0.1) is 20.8 Å². The lowest BCUT2D eigenvalue weighted by Gasteiger charge is -2.05. The van der Waals surface area contributed by atoms with Crippen molar-refractivity contribution in [1.82, 2.24) is 0 Å². The zero-order valence-corrected chi connectivity index (χ0v) is 10.6. The van der Waals surface area contributed by atoms with E-state index in [4.69, 9.17) is 16.0 Å². The highest BCUT2D eigenvalue weighted by Crippen LogP contribution is 2.36. The summed E-state index contributed by atoms with van der Waals surface area (Å²) < 4.78 is 5.27. The molecule has 1 unspecified atom stereocenters. The quantitative estimate of drug-likeness (QED) is 0.700. The van der Waals surface area contributed by atoms with Gasteiger partial charge in [-0.25, -0.2) is 0 Å². The molecule has 0 aliphatic rings. The van der Waals surface area contributed by atoms with Crippen LogP contribution in [0.25, 0.3) is 0 Å². The Labute approximate surface area is 98.7 Å². The van der Waals surface area contributed by atoms with Gasteiger partial charge in [-0.1, -0.05) is 0 Å². The maximum Gasteiger partial charge on any atom is 0.101 e. The second kappa shape index (κ2) is 4.03. The molecule has 0 spiro atoms. The molecule has 2 heterocycles. The van der Waals surface area contributed by atoms with Crippen molar-refractivity contribution in [2.24, 2.45) is 0 Å². The molecule has 15 heavy (non-hydrogen) atoms. The van der Waals surface area contributed by atoms with Crippen molar-refractivity contribution in [2.45, 2.75) is 26.1 Å². The van der Waals surface area contributed by atoms with Crippen LogP contribution in [0.15, 0.2) is 22.8 Å². The predicted molar refractivity (Wildman–Crippen MR) is 64.9 cm³/mol. The highest BCUT2D eigenvalue weighted by molar-refractivity contribution is 7.12.